The fraction of sp³-hybridized carbons (Fsp3) is 0.600. The highest BCUT2D eigenvalue weighted by molar-refractivity contribution is 5.03. The number of nitrogens with zero attached hydrogens (tertiary/aromatic N) is 1. The van der Waals surface area contributed by atoms with Crippen LogP contribution in [-0.4, -0.2) is 15.7 Å². The van der Waals surface area contributed by atoms with E-state index in [1.165, 1.54) is 0 Å². The van der Waals surface area contributed by atoms with E-state index >= 15 is 0 Å². The maximum absolute atomic E-state index is 12.1. The summed E-state index contributed by atoms with van der Waals surface area (Å²) in [6, 6.07) is 1.07. The highest BCUT2D eigenvalue weighted by atomic mass is 19.4. The molecule has 1 aromatic heterocycles. The van der Waals surface area contributed by atoms with Gasteiger partial charge in [-0.25, -0.2) is 4.79 Å². The Hall–Kier alpha value is -1.53. The molecule has 0 atom stereocenters. The monoisotopic (exact) mass is 248 g/mol. The van der Waals surface area contributed by atoms with Crippen LogP contribution in [0.4, 0.5) is 13.2 Å². The number of H-pyrrole nitrogens is 1. The Morgan fingerprint density at radius 2 is 2.00 bits per heavy atom. The third-order valence-electron chi connectivity index (χ3n) is 2.62. The Morgan fingerprint density at radius 3 is 2.47 bits per heavy atom. The van der Waals surface area contributed by atoms with Crippen LogP contribution < -0.4 is 11.2 Å². The van der Waals surface area contributed by atoms with Crippen molar-refractivity contribution in [3.63, 3.8) is 0 Å². The van der Waals surface area contributed by atoms with Gasteiger partial charge in [-0.05, 0) is 25.2 Å². The van der Waals surface area contributed by atoms with E-state index in [1.807, 2.05) is 0 Å². The molecule has 0 bridgehead atoms. The van der Waals surface area contributed by atoms with Crippen molar-refractivity contribution in [3.8, 4) is 0 Å². The number of nitrogens with one attached hydrogen (secondary N) is 1. The lowest BCUT2D eigenvalue weighted by Gasteiger charge is -2.08. The van der Waals surface area contributed by atoms with Gasteiger partial charge in [-0.2, -0.15) is 13.2 Å². The summed E-state index contributed by atoms with van der Waals surface area (Å²) in [5, 5.41) is 0. The summed E-state index contributed by atoms with van der Waals surface area (Å²) >= 11 is 0. The quantitative estimate of drug-likeness (QED) is 0.869. The zero-order valence-electron chi connectivity index (χ0n) is 8.88. The van der Waals surface area contributed by atoms with Gasteiger partial charge in [0.2, 0.25) is 0 Å². The van der Waals surface area contributed by atoms with E-state index in [9.17, 15) is 22.8 Å². The SMILES string of the molecule is O=c1cc(CC2CC2)[nH]c(=O)n1CC(F)(F)F. The van der Waals surface area contributed by atoms with Crippen molar-refractivity contribution in [1.29, 1.82) is 0 Å². The first-order chi connectivity index (χ1) is 7.85. The number of aromatic amines is 1. The number of hydrogen-bond acceptors (Lipinski definition) is 2. The van der Waals surface area contributed by atoms with Crippen LogP contribution in [0.2, 0.25) is 0 Å². The Labute approximate surface area is 94.1 Å². The number of alkyl halides is 3. The third kappa shape index (κ3) is 3.21. The molecule has 4 nitrogen and oxygen atoms in total. The van der Waals surface area contributed by atoms with Gasteiger partial charge in [0.25, 0.3) is 5.56 Å². The Balaban J connectivity index is 2.28. The van der Waals surface area contributed by atoms with Crippen LogP contribution in [0.1, 0.15) is 18.5 Å². The smallest absolute Gasteiger partial charge is 0.311 e. The van der Waals surface area contributed by atoms with Crippen LogP contribution in [0.3, 0.4) is 0 Å². The normalized spacial score (nSPS) is 16.2. The van der Waals surface area contributed by atoms with E-state index in [0.29, 0.717) is 18.0 Å². The maximum Gasteiger partial charge on any atom is 0.406 e. The van der Waals surface area contributed by atoms with E-state index in [1.54, 1.807) is 0 Å². The molecule has 1 saturated carbocycles. The maximum atomic E-state index is 12.1. The second-order valence-corrected chi connectivity index (χ2v) is 4.29. The minimum absolute atomic E-state index is 0.163. The zero-order chi connectivity index (χ0) is 12.6. The van der Waals surface area contributed by atoms with E-state index in [4.69, 9.17) is 0 Å². The van der Waals surface area contributed by atoms with Gasteiger partial charge < -0.3 is 4.98 Å². The summed E-state index contributed by atoms with van der Waals surface area (Å²) in [4.78, 5) is 25.0. The average molecular weight is 248 g/mol. The molecule has 1 aromatic rings. The molecular formula is C10H11F3N2O2. The van der Waals surface area contributed by atoms with E-state index in [2.05, 4.69) is 4.98 Å². The Morgan fingerprint density at radius 1 is 1.35 bits per heavy atom. The van der Waals surface area contributed by atoms with Crippen molar-refractivity contribution in [2.75, 3.05) is 0 Å². The predicted octanol–water partition coefficient (Wildman–Crippen LogP) is 1.05. The van der Waals surface area contributed by atoms with Crippen LogP contribution in [0.15, 0.2) is 15.7 Å². The van der Waals surface area contributed by atoms with Gasteiger partial charge in [0, 0.05) is 11.8 Å². The highest BCUT2D eigenvalue weighted by Crippen LogP contribution is 2.31. The van der Waals surface area contributed by atoms with Gasteiger partial charge in [0.1, 0.15) is 6.54 Å². The van der Waals surface area contributed by atoms with Crippen molar-refractivity contribution < 1.29 is 13.2 Å². The first kappa shape index (κ1) is 11.9. The third-order valence-corrected chi connectivity index (χ3v) is 2.62. The van der Waals surface area contributed by atoms with E-state index < -0.39 is 24.0 Å². The summed E-state index contributed by atoms with van der Waals surface area (Å²) in [6.07, 6.45) is -1.95. The van der Waals surface area contributed by atoms with Crippen LogP contribution >= 0.6 is 0 Å². The van der Waals surface area contributed by atoms with Crippen LogP contribution in [0.25, 0.3) is 0 Å². The molecule has 0 aromatic carbocycles. The number of aromatic nitrogens is 2. The van der Waals surface area contributed by atoms with Gasteiger partial charge in [0.05, 0.1) is 0 Å². The van der Waals surface area contributed by atoms with Crippen LogP contribution in [0.5, 0.6) is 0 Å². The van der Waals surface area contributed by atoms with E-state index in [0.717, 1.165) is 18.9 Å². The topological polar surface area (TPSA) is 54.9 Å². The minimum Gasteiger partial charge on any atom is -0.311 e. The molecule has 7 heteroatoms. The highest BCUT2D eigenvalue weighted by Gasteiger charge is 2.30. The summed E-state index contributed by atoms with van der Waals surface area (Å²) in [6.45, 7) is -1.55. The molecule has 1 aliphatic carbocycles. The number of halogens is 3. The van der Waals surface area contributed by atoms with Gasteiger partial charge in [-0.3, -0.25) is 9.36 Å². The zero-order valence-corrected chi connectivity index (χ0v) is 8.88. The lowest BCUT2D eigenvalue weighted by molar-refractivity contribution is -0.141. The second kappa shape index (κ2) is 4.05. The summed E-state index contributed by atoms with van der Waals surface area (Å²) < 4.78 is 36.5. The fourth-order valence-corrected chi connectivity index (χ4v) is 1.64. The lowest BCUT2D eigenvalue weighted by Crippen LogP contribution is -2.39. The number of rotatable bonds is 3. The summed E-state index contributed by atoms with van der Waals surface area (Å²) in [7, 11) is 0. The molecule has 17 heavy (non-hydrogen) atoms. The average Bonchev–Trinajstić information content (AvgIpc) is 2.94. The standard InChI is InChI=1S/C10H11F3N2O2/c11-10(12,13)5-15-8(16)4-7(14-9(15)17)3-6-1-2-6/h4,6H,1-3,5H2,(H,14,17). The molecule has 0 radical (unpaired) electrons. The second-order valence-electron chi connectivity index (χ2n) is 4.29. The molecule has 0 unspecified atom stereocenters. The Bertz CT molecular complexity index is 494. The summed E-state index contributed by atoms with van der Waals surface area (Å²) in [5.74, 6) is 0.448. The number of hydrogen-bond donors (Lipinski definition) is 1. The molecule has 2 rings (SSSR count). The van der Waals surface area contributed by atoms with Crippen LogP contribution in [0, 0.1) is 5.92 Å². The van der Waals surface area contributed by atoms with Gasteiger partial charge in [-0.15, -0.1) is 0 Å². The largest absolute Gasteiger partial charge is 0.406 e. The van der Waals surface area contributed by atoms with Crippen LogP contribution in [-0.2, 0) is 13.0 Å². The Kier molecular flexibility index (Phi) is 2.84. The molecule has 0 saturated heterocycles. The lowest BCUT2D eigenvalue weighted by atomic mass is 10.2. The molecule has 0 aliphatic heterocycles. The van der Waals surface area contributed by atoms with E-state index in [-0.39, 0.29) is 4.57 Å². The van der Waals surface area contributed by atoms with Crippen molar-refractivity contribution in [2.45, 2.75) is 32.0 Å². The first-order valence-electron chi connectivity index (χ1n) is 5.25. The molecule has 1 fully saturated rings. The summed E-state index contributed by atoms with van der Waals surface area (Å²) in [5.41, 5.74) is -1.48. The fourth-order valence-electron chi connectivity index (χ4n) is 1.64. The van der Waals surface area contributed by atoms with Gasteiger partial charge in [0.15, 0.2) is 0 Å². The molecule has 1 N–H and O–H groups in total. The van der Waals surface area contributed by atoms with Crippen molar-refractivity contribution in [1.82, 2.24) is 9.55 Å². The first-order valence-corrected chi connectivity index (χ1v) is 5.25. The van der Waals surface area contributed by atoms with Crippen molar-refractivity contribution in [2.24, 2.45) is 5.92 Å². The molecule has 1 heterocycles. The molecule has 94 valence electrons. The van der Waals surface area contributed by atoms with Crippen molar-refractivity contribution >= 4 is 0 Å². The van der Waals surface area contributed by atoms with Gasteiger partial charge in [-0.1, -0.05) is 0 Å². The molecule has 1 aliphatic rings. The van der Waals surface area contributed by atoms with Crippen molar-refractivity contribution in [3.05, 3.63) is 32.6 Å². The molecular weight excluding hydrogens is 237 g/mol. The molecule has 0 amide bonds. The predicted molar refractivity (Wildman–Crippen MR) is 53.8 cm³/mol. The van der Waals surface area contributed by atoms with Gasteiger partial charge >= 0.3 is 11.9 Å². The molecule has 0 spiro atoms. The minimum atomic E-state index is -4.57.